The SMILES string of the molecule is CN(C[C@H](O)[C@@H](O)[C@H](O)[C@H](O)CO)C(=O)NC(C)(C)C. The number of hydrogen-bond donors (Lipinski definition) is 6. The number of rotatable bonds is 6. The van der Waals surface area contributed by atoms with E-state index < -0.39 is 42.6 Å². The van der Waals surface area contributed by atoms with Gasteiger partial charge in [0.15, 0.2) is 0 Å². The van der Waals surface area contributed by atoms with E-state index in [0.717, 1.165) is 4.90 Å². The third-order valence-corrected chi connectivity index (χ3v) is 2.61. The van der Waals surface area contributed by atoms with Gasteiger partial charge in [0.2, 0.25) is 0 Å². The Hall–Kier alpha value is -0.930. The summed E-state index contributed by atoms with van der Waals surface area (Å²) in [7, 11) is 1.42. The molecule has 0 aliphatic carbocycles. The molecular formula is C12H26N2O6. The minimum Gasteiger partial charge on any atom is -0.394 e. The molecule has 4 atom stereocenters. The molecule has 0 aromatic heterocycles. The van der Waals surface area contributed by atoms with Crippen molar-refractivity contribution >= 4 is 6.03 Å². The van der Waals surface area contributed by atoms with Gasteiger partial charge in [0.25, 0.3) is 0 Å². The number of amides is 2. The van der Waals surface area contributed by atoms with Crippen LogP contribution >= 0.6 is 0 Å². The van der Waals surface area contributed by atoms with Crippen LogP contribution in [0, 0.1) is 0 Å². The van der Waals surface area contributed by atoms with Crippen LogP contribution in [-0.4, -0.2) is 86.6 Å². The molecule has 0 aliphatic rings. The third kappa shape index (κ3) is 6.49. The van der Waals surface area contributed by atoms with Crippen molar-refractivity contribution in [3.63, 3.8) is 0 Å². The normalized spacial score (nSPS) is 18.1. The molecule has 8 nitrogen and oxygen atoms in total. The summed E-state index contributed by atoms with van der Waals surface area (Å²) in [5.41, 5.74) is -0.443. The van der Waals surface area contributed by atoms with Crippen molar-refractivity contribution in [3.05, 3.63) is 0 Å². The minimum absolute atomic E-state index is 0.238. The highest BCUT2D eigenvalue weighted by atomic mass is 16.4. The second kappa shape index (κ2) is 7.75. The molecule has 0 saturated carbocycles. The third-order valence-electron chi connectivity index (χ3n) is 2.61. The first-order chi connectivity index (χ1) is 8.99. The van der Waals surface area contributed by atoms with E-state index >= 15 is 0 Å². The van der Waals surface area contributed by atoms with Crippen molar-refractivity contribution in [1.29, 1.82) is 0 Å². The number of aliphatic hydroxyl groups is 5. The lowest BCUT2D eigenvalue weighted by Crippen LogP contribution is -2.53. The van der Waals surface area contributed by atoms with E-state index in [9.17, 15) is 25.2 Å². The van der Waals surface area contributed by atoms with Crippen molar-refractivity contribution in [1.82, 2.24) is 10.2 Å². The molecule has 0 radical (unpaired) electrons. The van der Waals surface area contributed by atoms with E-state index in [0.29, 0.717) is 0 Å². The molecule has 0 fully saturated rings. The second-order valence-corrected chi connectivity index (χ2v) is 5.86. The molecule has 0 heterocycles. The number of urea groups is 1. The average Bonchev–Trinajstić information content (AvgIpc) is 2.33. The molecule has 20 heavy (non-hydrogen) atoms. The summed E-state index contributed by atoms with van der Waals surface area (Å²) in [6.07, 6.45) is -6.40. The molecule has 0 spiro atoms. The van der Waals surface area contributed by atoms with Gasteiger partial charge in [0, 0.05) is 12.6 Å². The largest absolute Gasteiger partial charge is 0.394 e. The van der Waals surface area contributed by atoms with Crippen LogP contribution in [0.15, 0.2) is 0 Å². The van der Waals surface area contributed by atoms with Crippen molar-refractivity contribution in [2.24, 2.45) is 0 Å². The van der Waals surface area contributed by atoms with E-state index in [1.807, 2.05) is 0 Å². The van der Waals surface area contributed by atoms with Crippen LogP contribution in [0.1, 0.15) is 20.8 Å². The molecule has 6 N–H and O–H groups in total. The van der Waals surface area contributed by atoms with E-state index in [1.165, 1.54) is 7.05 Å². The highest BCUT2D eigenvalue weighted by Gasteiger charge is 2.31. The van der Waals surface area contributed by atoms with Gasteiger partial charge in [-0.1, -0.05) is 0 Å². The first kappa shape index (κ1) is 19.1. The van der Waals surface area contributed by atoms with Crippen LogP contribution in [0.2, 0.25) is 0 Å². The molecule has 2 amide bonds. The van der Waals surface area contributed by atoms with Gasteiger partial charge in [-0.2, -0.15) is 0 Å². The number of nitrogens with zero attached hydrogens (tertiary/aromatic N) is 1. The van der Waals surface area contributed by atoms with Gasteiger partial charge < -0.3 is 35.7 Å². The summed E-state index contributed by atoms with van der Waals surface area (Å²) in [6, 6.07) is -0.444. The fourth-order valence-corrected chi connectivity index (χ4v) is 1.45. The topological polar surface area (TPSA) is 133 Å². The van der Waals surface area contributed by atoms with Gasteiger partial charge >= 0.3 is 6.03 Å². The smallest absolute Gasteiger partial charge is 0.317 e. The van der Waals surface area contributed by atoms with Crippen molar-refractivity contribution in [3.8, 4) is 0 Å². The maximum Gasteiger partial charge on any atom is 0.317 e. The Bertz CT molecular complexity index is 307. The highest BCUT2D eigenvalue weighted by Crippen LogP contribution is 2.07. The fraction of sp³-hybridized carbons (Fsp3) is 0.917. The Morgan fingerprint density at radius 3 is 1.95 bits per heavy atom. The molecule has 8 heteroatoms. The fourth-order valence-electron chi connectivity index (χ4n) is 1.45. The predicted molar refractivity (Wildman–Crippen MR) is 72.0 cm³/mol. The Kier molecular flexibility index (Phi) is 7.39. The van der Waals surface area contributed by atoms with Crippen LogP contribution in [0.3, 0.4) is 0 Å². The maximum absolute atomic E-state index is 11.7. The molecule has 0 aromatic carbocycles. The first-order valence-corrected chi connectivity index (χ1v) is 6.36. The van der Waals surface area contributed by atoms with E-state index in [2.05, 4.69) is 5.32 Å². The zero-order valence-corrected chi connectivity index (χ0v) is 12.3. The zero-order chi connectivity index (χ0) is 16.1. The van der Waals surface area contributed by atoms with E-state index in [4.69, 9.17) is 5.11 Å². The molecule has 0 bridgehead atoms. The van der Waals surface area contributed by atoms with E-state index in [-0.39, 0.29) is 6.54 Å². The number of hydrogen-bond acceptors (Lipinski definition) is 6. The monoisotopic (exact) mass is 294 g/mol. The summed E-state index contributed by atoms with van der Waals surface area (Å²) in [5.74, 6) is 0. The van der Waals surface area contributed by atoms with Gasteiger partial charge in [0.1, 0.15) is 24.4 Å². The van der Waals surface area contributed by atoms with Gasteiger partial charge in [-0.25, -0.2) is 4.79 Å². The summed E-state index contributed by atoms with van der Waals surface area (Å²) in [6.45, 7) is 4.41. The molecule has 0 saturated heterocycles. The number of nitrogens with one attached hydrogen (secondary N) is 1. The number of likely N-dealkylation sites (N-methyl/N-ethyl adjacent to an activating group) is 1. The summed E-state index contributed by atoms with van der Waals surface area (Å²) < 4.78 is 0. The van der Waals surface area contributed by atoms with Gasteiger partial charge in [-0.3, -0.25) is 0 Å². The Labute approximate surface area is 118 Å². The van der Waals surface area contributed by atoms with Crippen LogP contribution in [0.25, 0.3) is 0 Å². The maximum atomic E-state index is 11.7. The zero-order valence-electron chi connectivity index (χ0n) is 12.3. The number of carbonyl (C=O) groups excluding carboxylic acids is 1. The van der Waals surface area contributed by atoms with Crippen molar-refractivity contribution in [2.45, 2.75) is 50.7 Å². The molecule has 0 unspecified atom stereocenters. The van der Waals surface area contributed by atoms with E-state index in [1.54, 1.807) is 20.8 Å². The van der Waals surface area contributed by atoms with Crippen LogP contribution in [0.5, 0.6) is 0 Å². The Morgan fingerprint density at radius 1 is 1.10 bits per heavy atom. The summed E-state index contributed by atoms with van der Waals surface area (Å²) in [4.78, 5) is 12.9. The quantitative estimate of drug-likeness (QED) is 0.331. The van der Waals surface area contributed by atoms with Gasteiger partial charge in [0.05, 0.1) is 13.2 Å². The molecular weight excluding hydrogens is 268 g/mol. The summed E-state index contributed by atoms with van der Waals surface area (Å²) in [5, 5.41) is 49.3. The van der Waals surface area contributed by atoms with Crippen LogP contribution in [-0.2, 0) is 0 Å². The minimum atomic E-state index is -1.70. The Balaban J connectivity index is 4.44. The lowest BCUT2D eigenvalue weighted by atomic mass is 10.0. The predicted octanol–water partition coefficient (Wildman–Crippen LogP) is -2.14. The molecule has 0 aliphatic heterocycles. The average molecular weight is 294 g/mol. The molecule has 120 valence electrons. The van der Waals surface area contributed by atoms with Crippen molar-refractivity contribution in [2.75, 3.05) is 20.2 Å². The van der Waals surface area contributed by atoms with Gasteiger partial charge in [-0.15, -0.1) is 0 Å². The standard InChI is InChI=1S/C12H26N2O6/c1-12(2,3)13-11(20)14(4)5-7(16)9(18)10(19)8(17)6-15/h7-10,15-19H,5-6H2,1-4H3,(H,13,20)/t7-,8+,9+,10+/m0/s1. The van der Waals surface area contributed by atoms with Crippen LogP contribution < -0.4 is 5.32 Å². The lowest BCUT2D eigenvalue weighted by molar-refractivity contribution is -0.117. The number of carbonyl (C=O) groups is 1. The van der Waals surface area contributed by atoms with Crippen LogP contribution in [0.4, 0.5) is 4.79 Å². The second-order valence-electron chi connectivity index (χ2n) is 5.86. The summed E-state index contributed by atoms with van der Waals surface area (Å²) >= 11 is 0. The molecule has 0 rings (SSSR count). The Morgan fingerprint density at radius 2 is 1.55 bits per heavy atom. The highest BCUT2D eigenvalue weighted by molar-refractivity contribution is 5.74. The van der Waals surface area contributed by atoms with Crippen molar-refractivity contribution < 1.29 is 30.3 Å². The first-order valence-electron chi connectivity index (χ1n) is 6.36. The van der Waals surface area contributed by atoms with Gasteiger partial charge in [-0.05, 0) is 20.8 Å². The lowest BCUT2D eigenvalue weighted by Gasteiger charge is -2.30. The molecule has 0 aromatic rings. The number of aliphatic hydroxyl groups excluding tert-OH is 5.